The highest BCUT2D eigenvalue weighted by atomic mass is 14.9. The van der Waals surface area contributed by atoms with Crippen LogP contribution >= 0.6 is 0 Å². The summed E-state index contributed by atoms with van der Waals surface area (Å²) in [6.07, 6.45) is 5.74. The quantitative estimate of drug-likeness (QED) is 0.473. The summed E-state index contributed by atoms with van der Waals surface area (Å²) in [5.74, 6) is 0.855. The molecule has 0 spiro atoms. The lowest BCUT2D eigenvalue weighted by Gasteiger charge is -2.16. The maximum absolute atomic E-state index is 4.63. The predicted molar refractivity (Wildman–Crippen MR) is 107 cm³/mol. The summed E-state index contributed by atoms with van der Waals surface area (Å²) < 4.78 is 0. The number of pyridine rings is 1. The molecule has 0 fully saturated rings. The summed E-state index contributed by atoms with van der Waals surface area (Å²) in [7, 11) is 0. The Bertz CT molecular complexity index is 1060. The van der Waals surface area contributed by atoms with Gasteiger partial charge in [0.2, 0.25) is 0 Å². The van der Waals surface area contributed by atoms with Crippen molar-refractivity contribution in [3.8, 4) is 22.4 Å². The highest BCUT2D eigenvalue weighted by molar-refractivity contribution is 5.85. The summed E-state index contributed by atoms with van der Waals surface area (Å²) in [5, 5.41) is 2.35. The summed E-state index contributed by atoms with van der Waals surface area (Å²) in [5.41, 5.74) is 4.12. The third-order valence-electron chi connectivity index (χ3n) is 4.45. The van der Waals surface area contributed by atoms with Crippen molar-refractivity contribution in [3.05, 3.63) is 79.0 Å². The van der Waals surface area contributed by atoms with Gasteiger partial charge in [-0.1, -0.05) is 63.2 Å². The van der Waals surface area contributed by atoms with Gasteiger partial charge in [0.15, 0.2) is 0 Å². The second-order valence-corrected chi connectivity index (χ2v) is 7.54. The lowest BCUT2D eigenvalue weighted by molar-refractivity contribution is 0.545. The van der Waals surface area contributed by atoms with Gasteiger partial charge in [0.1, 0.15) is 5.82 Å². The van der Waals surface area contributed by atoms with Crippen molar-refractivity contribution in [1.82, 2.24) is 15.0 Å². The third kappa shape index (κ3) is 3.21. The van der Waals surface area contributed by atoms with Gasteiger partial charge in [-0.05, 0) is 23.1 Å². The third-order valence-corrected chi connectivity index (χ3v) is 4.45. The summed E-state index contributed by atoms with van der Waals surface area (Å²) in [6.45, 7) is 6.36. The van der Waals surface area contributed by atoms with Gasteiger partial charge in [-0.25, -0.2) is 9.97 Å². The Morgan fingerprint density at radius 1 is 0.615 bits per heavy atom. The van der Waals surface area contributed by atoms with Gasteiger partial charge in [-0.3, -0.25) is 4.98 Å². The number of aromatic nitrogens is 3. The fourth-order valence-electron chi connectivity index (χ4n) is 2.96. The Balaban J connectivity index is 1.72. The van der Waals surface area contributed by atoms with E-state index < -0.39 is 0 Å². The van der Waals surface area contributed by atoms with Gasteiger partial charge < -0.3 is 0 Å². The van der Waals surface area contributed by atoms with Crippen LogP contribution in [-0.2, 0) is 5.41 Å². The van der Waals surface area contributed by atoms with E-state index in [4.69, 9.17) is 0 Å². The van der Waals surface area contributed by atoms with E-state index >= 15 is 0 Å². The first-order chi connectivity index (χ1) is 12.5. The van der Waals surface area contributed by atoms with Crippen molar-refractivity contribution in [2.45, 2.75) is 26.2 Å². The fraction of sp³-hybridized carbons (Fsp3) is 0.174. The zero-order valence-electron chi connectivity index (χ0n) is 15.3. The molecule has 0 aliphatic rings. The molecule has 0 N–H and O–H groups in total. The smallest absolute Gasteiger partial charge is 0.133 e. The largest absolute Gasteiger partial charge is 0.256 e. The molecule has 4 rings (SSSR count). The number of benzene rings is 2. The minimum Gasteiger partial charge on any atom is -0.256 e. The van der Waals surface area contributed by atoms with Gasteiger partial charge in [-0.15, -0.1) is 0 Å². The highest BCUT2D eigenvalue weighted by Crippen LogP contribution is 2.27. The fourth-order valence-corrected chi connectivity index (χ4v) is 2.96. The van der Waals surface area contributed by atoms with Crippen LogP contribution in [0.2, 0.25) is 0 Å². The van der Waals surface area contributed by atoms with Crippen LogP contribution in [0.4, 0.5) is 0 Å². The molecule has 0 saturated heterocycles. The molecule has 0 radical (unpaired) electrons. The van der Waals surface area contributed by atoms with E-state index in [0.717, 1.165) is 33.6 Å². The van der Waals surface area contributed by atoms with E-state index in [2.05, 4.69) is 84.3 Å². The van der Waals surface area contributed by atoms with Crippen LogP contribution in [0.1, 0.15) is 26.6 Å². The number of hydrogen-bond donors (Lipinski definition) is 0. The number of fused-ring (bicyclic) bond motifs is 1. The van der Waals surface area contributed by atoms with Crippen molar-refractivity contribution in [2.75, 3.05) is 0 Å². The monoisotopic (exact) mass is 339 g/mol. The van der Waals surface area contributed by atoms with E-state index in [1.165, 1.54) is 5.39 Å². The van der Waals surface area contributed by atoms with Crippen molar-refractivity contribution in [1.29, 1.82) is 0 Å². The predicted octanol–water partition coefficient (Wildman–Crippen LogP) is 5.66. The Labute approximate surface area is 153 Å². The van der Waals surface area contributed by atoms with E-state index in [0.29, 0.717) is 0 Å². The first-order valence-electron chi connectivity index (χ1n) is 8.79. The molecule has 0 atom stereocenters. The average molecular weight is 339 g/mol. The van der Waals surface area contributed by atoms with E-state index in [-0.39, 0.29) is 5.41 Å². The minimum atomic E-state index is -0.0462. The Hall–Kier alpha value is -3.07. The topological polar surface area (TPSA) is 38.7 Å². The molecular formula is C23H21N3. The van der Waals surface area contributed by atoms with Crippen LogP contribution in [0.25, 0.3) is 33.2 Å². The Kier molecular flexibility index (Phi) is 4.00. The maximum Gasteiger partial charge on any atom is 0.133 e. The molecule has 3 heteroatoms. The van der Waals surface area contributed by atoms with Crippen LogP contribution < -0.4 is 0 Å². The van der Waals surface area contributed by atoms with Gasteiger partial charge in [0, 0.05) is 40.5 Å². The molecule has 2 aromatic carbocycles. The van der Waals surface area contributed by atoms with Crippen LogP contribution in [-0.4, -0.2) is 15.0 Å². The molecule has 2 heterocycles. The summed E-state index contributed by atoms with van der Waals surface area (Å²) >= 11 is 0. The molecule has 0 saturated carbocycles. The van der Waals surface area contributed by atoms with Gasteiger partial charge in [0.05, 0.1) is 5.69 Å². The molecule has 0 amide bonds. The van der Waals surface area contributed by atoms with Crippen molar-refractivity contribution >= 4 is 10.8 Å². The van der Waals surface area contributed by atoms with E-state index in [1.54, 1.807) is 0 Å². The van der Waals surface area contributed by atoms with E-state index in [9.17, 15) is 0 Å². The van der Waals surface area contributed by atoms with Crippen LogP contribution in [0.3, 0.4) is 0 Å². The number of nitrogens with zero attached hydrogens (tertiary/aromatic N) is 3. The van der Waals surface area contributed by atoms with E-state index in [1.807, 2.05) is 24.7 Å². The van der Waals surface area contributed by atoms with Crippen molar-refractivity contribution in [3.63, 3.8) is 0 Å². The highest BCUT2D eigenvalue weighted by Gasteiger charge is 2.16. The van der Waals surface area contributed by atoms with Crippen LogP contribution in [0.15, 0.2) is 73.2 Å². The lowest BCUT2D eigenvalue weighted by Crippen LogP contribution is -2.15. The minimum absolute atomic E-state index is 0.0462. The average Bonchev–Trinajstić information content (AvgIpc) is 2.67. The molecule has 0 unspecified atom stereocenters. The maximum atomic E-state index is 4.63. The second-order valence-electron chi connectivity index (χ2n) is 7.54. The SMILES string of the molecule is CC(C)(C)c1ncc(-c2cccc(-c3cc4ccccc4cn3)c2)cn1. The molecule has 26 heavy (non-hydrogen) atoms. The first kappa shape index (κ1) is 16.4. The Morgan fingerprint density at radius 2 is 1.31 bits per heavy atom. The standard InChI is InChI=1S/C23H21N3/c1-23(2,3)22-25-14-20(15-26-22)16-9-6-10-18(11-16)21-12-17-7-4-5-8-19(17)13-24-21/h4-15H,1-3H3. The first-order valence-corrected chi connectivity index (χ1v) is 8.79. The molecule has 128 valence electrons. The molecule has 4 aromatic rings. The normalized spacial score (nSPS) is 11.7. The zero-order chi connectivity index (χ0) is 18.1. The zero-order valence-corrected chi connectivity index (χ0v) is 15.3. The molecule has 0 aliphatic heterocycles. The molecule has 0 bridgehead atoms. The van der Waals surface area contributed by atoms with Crippen molar-refractivity contribution in [2.24, 2.45) is 0 Å². The molecule has 2 aromatic heterocycles. The van der Waals surface area contributed by atoms with Crippen LogP contribution in [0.5, 0.6) is 0 Å². The molecule has 0 aliphatic carbocycles. The van der Waals surface area contributed by atoms with Gasteiger partial charge in [-0.2, -0.15) is 0 Å². The Morgan fingerprint density at radius 3 is 2.04 bits per heavy atom. The summed E-state index contributed by atoms with van der Waals surface area (Å²) in [4.78, 5) is 13.7. The molecular weight excluding hydrogens is 318 g/mol. The van der Waals surface area contributed by atoms with Gasteiger partial charge >= 0.3 is 0 Å². The second kappa shape index (κ2) is 6.34. The van der Waals surface area contributed by atoms with Crippen molar-refractivity contribution < 1.29 is 0 Å². The lowest BCUT2D eigenvalue weighted by atomic mass is 9.95. The number of hydrogen-bond acceptors (Lipinski definition) is 3. The van der Waals surface area contributed by atoms with Gasteiger partial charge in [0.25, 0.3) is 0 Å². The molecule has 3 nitrogen and oxygen atoms in total. The van der Waals surface area contributed by atoms with Crippen LogP contribution in [0, 0.1) is 0 Å². The number of rotatable bonds is 2. The summed E-state index contributed by atoms with van der Waals surface area (Å²) in [6, 6.07) is 18.8.